The predicted molar refractivity (Wildman–Crippen MR) is 151 cm³/mol. The number of carbonyl (C=O) groups is 1. The van der Waals surface area contributed by atoms with Crippen molar-refractivity contribution in [2.75, 3.05) is 38.8 Å². The number of benzene rings is 1. The van der Waals surface area contributed by atoms with Crippen LogP contribution in [0, 0.1) is 6.92 Å². The van der Waals surface area contributed by atoms with Crippen molar-refractivity contribution in [2.45, 2.75) is 26.2 Å². The lowest BCUT2D eigenvalue weighted by Crippen LogP contribution is -2.30. The quantitative estimate of drug-likeness (QED) is 0.331. The first-order valence-electron chi connectivity index (χ1n) is 12.1. The van der Waals surface area contributed by atoms with Gasteiger partial charge in [-0.2, -0.15) is 0 Å². The van der Waals surface area contributed by atoms with E-state index in [9.17, 15) is 9.59 Å². The summed E-state index contributed by atoms with van der Waals surface area (Å²) in [7, 11) is 3.19. The van der Waals surface area contributed by atoms with Gasteiger partial charge in [0.15, 0.2) is 11.5 Å². The Morgan fingerprint density at radius 3 is 2.59 bits per heavy atom. The molecular weight excluding hydrogens is 508 g/mol. The number of hydrogen-bond donors (Lipinski definition) is 0. The zero-order chi connectivity index (χ0) is 26.1. The van der Waals surface area contributed by atoms with Crippen molar-refractivity contribution in [1.29, 1.82) is 0 Å². The molecule has 0 spiro atoms. The SMILES string of the molecule is COc1ccc(CCN2C(=O)/C(=C/c3c(N4CCCC4)nc4c(C)cccn4c3=O)SC2=S)cc1OC. The number of ether oxygens (including phenoxy) is 2. The Morgan fingerprint density at radius 2 is 1.86 bits per heavy atom. The van der Waals surface area contributed by atoms with Gasteiger partial charge in [-0.25, -0.2) is 4.98 Å². The number of thiocarbonyl (C=S) groups is 1. The first-order chi connectivity index (χ1) is 17.9. The largest absolute Gasteiger partial charge is 0.493 e. The molecule has 5 rings (SSSR count). The van der Waals surface area contributed by atoms with Gasteiger partial charge in [-0.3, -0.25) is 18.9 Å². The average Bonchev–Trinajstić information content (AvgIpc) is 3.53. The van der Waals surface area contributed by atoms with Crippen molar-refractivity contribution >= 4 is 51.7 Å². The first-order valence-corrected chi connectivity index (χ1v) is 13.4. The number of hydrogen-bond acceptors (Lipinski definition) is 8. The minimum atomic E-state index is -0.198. The van der Waals surface area contributed by atoms with Gasteiger partial charge in [0.25, 0.3) is 11.5 Å². The van der Waals surface area contributed by atoms with E-state index in [4.69, 9.17) is 26.7 Å². The molecule has 2 aromatic heterocycles. The van der Waals surface area contributed by atoms with Gasteiger partial charge in [-0.15, -0.1) is 0 Å². The van der Waals surface area contributed by atoms with E-state index in [0.717, 1.165) is 37.1 Å². The number of carbonyl (C=O) groups excluding carboxylic acids is 1. The Kier molecular flexibility index (Phi) is 7.21. The summed E-state index contributed by atoms with van der Waals surface area (Å²) in [6, 6.07) is 9.47. The van der Waals surface area contributed by atoms with Crippen molar-refractivity contribution in [1.82, 2.24) is 14.3 Å². The molecule has 192 valence electrons. The highest BCUT2D eigenvalue weighted by molar-refractivity contribution is 8.26. The number of nitrogens with zero attached hydrogens (tertiary/aromatic N) is 4. The van der Waals surface area contributed by atoms with Gasteiger partial charge in [-0.05, 0) is 61.6 Å². The molecule has 2 aliphatic rings. The molecule has 2 aliphatic heterocycles. The van der Waals surface area contributed by atoms with E-state index in [0.29, 0.717) is 50.7 Å². The Balaban J connectivity index is 1.45. The van der Waals surface area contributed by atoms with Crippen molar-refractivity contribution in [2.24, 2.45) is 0 Å². The number of anilines is 1. The highest BCUT2D eigenvalue weighted by Crippen LogP contribution is 2.35. The number of pyridine rings is 1. The highest BCUT2D eigenvalue weighted by Gasteiger charge is 2.33. The Bertz CT molecular complexity index is 1480. The molecule has 10 heteroatoms. The molecule has 0 aliphatic carbocycles. The number of rotatable bonds is 7. The maximum Gasteiger partial charge on any atom is 0.267 e. The third-order valence-corrected chi connectivity index (χ3v) is 8.07. The van der Waals surface area contributed by atoms with Crippen LogP contribution in [0.25, 0.3) is 11.7 Å². The molecule has 3 aromatic rings. The van der Waals surface area contributed by atoms with Gasteiger partial charge in [0.1, 0.15) is 15.8 Å². The number of amides is 1. The fourth-order valence-electron chi connectivity index (χ4n) is 4.70. The molecular formula is C27H28N4O4S2. The van der Waals surface area contributed by atoms with Crippen molar-refractivity contribution in [3.05, 3.63) is 68.5 Å². The van der Waals surface area contributed by atoms with Crippen LogP contribution < -0.4 is 19.9 Å². The maximum absolute atomic E-state index is 13.6. The Hall–Kier alpha value is -3.37. The number of aryl methyl sites for hydroxylation is 1. The molecule has 8 nitrogen and oxygen atoms in total. The van der Waals surface area contributed by atoms with Gasteiger partial charge in [0.05, 0.1) is 24.7 Å². The smallest absolute Gasteiger partial charge is 0.267 e. The van der Waals surface area contributed by atoms with Gasteiger partial charge < -0.3 is 14.4 Å². The van der Waals surface area contributed by atoms with Crippen molar-refractivity contribution < 1.29 is 14.3 Å². The van der Waals surface area contributed by atoms with Crippen LogP contribution in [-0.2, 0) is 11.2 Å². The van der Waals surface area contributed by atoms with Crippen LogP contribution >= 0.6 is 24.0 Å². The van der Waals surface area contributed by atoms with Crippen LogP contribution in [0.2, 0.25) is 0 Å². The summed E-state index contributed by atoms with van der Waals surface area (Å²) in [6.07, 6.45) is 6.09. The van der Waals surface area contributed by atoms with E-state index < -0.39 is 0 Å². The lowest BCUT2D eigenvalue weighted by atomic mass is 10.1. The van der Waals surface area contributed by atoms with Crippen LogP contribution in [0.4, 0.5) is 5.82 Å². The van der Waals surface area contributed by atoms with E-state index >= 15 is 0 Å². The minimum absolute atomic E-state index is 0.189. The van der Waals surface area contributed by atoms with E-state index in [1.165, 1.54) is 11.8 Å². The third kappa shape index (κ3) is 4.83. The fraction of sp³-hybridized carbons (Fsp3) is 0.333. The molecule has 0 N–H and O–H groups in total. The topological polar surface area (TPSA) is 76.4 Å². The summed E-state index contributed by atoms with van der Waals surface area (Å²) in [4.78, 5) is 36.0. The molecule has 4 heterocycles. The summed E-state index contributed by atoms with van der Waals surface area (Å²) < 4.78 is 12.7. The molecule has 2 fully saturated rings. The van der Waals surface area contributed by atoms with Crippen LogP contribution in [-0.4, -0.2) is 58.4 Å². The summed E-state index contributed by atoms with van der Waals surface area (Å²) in [5.41, 5.74) is 2.79. The molecule has 2 saturated heterocycles. The zero-order valence-corrected chi connectivity index (χ0v) is 22.7. The molecule has 0 saturated carbocycles. The van der Waals surface area contributed by atoms with Gasteiger partial charge in [0, 0.05) is 25.8 Å². The number of fused-ring (bicyclic) bond motifs is 1. The lowest BCUT2D eigenvalue weighted by Gasteiger charge is -2.20. The molecule has 0 radical (unpaired) electrons. The van der Waals surface area contributed by atoms with E-state index in [1.54, 1.807) is 35.8 Å². The van der Waals surface area contributed by atoms with Gasteiger partial charge in [0.2, 0.25) is 0 Å². The molecule has 37 heavy (non-hydrogen) atoms. The molecule has 1 amide bonds. The number of aromatic nitrogens is 2. The van der Waals surface area contributed by atoms with Gasteiger partial charge in [-0.1, -0.05) is 36.1 Å². The standard InChI is InChI=1S/C27H28N4O4S2/c1-17-7-6-13-30-23(17)28-24(29-11-4-5-12-29)19(25(30)32)16-22-26(33)31(27(36)37-22)14-10-18-8-9-20(34-2)21(15-18)35-3/h6-9,13,15-16H,4-5,10-12,14H2,1-3H3/b22-16-. The van der Waals surface area contributed by atoms with Crippen LogP contribution in [0.15, 0.2) is 46.2 Å². The predicted octanol–water partition coefficient (Wildman–Crippen LogP) is 4.06. The van der Waals surface area contributed by atoms with Crippen molar-refractivity contribution in [3.63, 3.8) is 0 Å². The molecule has 1 aromatic carbocycles. The van der Waals surface area contributed by atoms with E-state index in [1.807, 2.05) is 37.3 Å². The Labute approximate surface area is 224 Å². The zero-order valence-electron chi connectivity index (χ0n) is 21.0. The first kappa shape index (κ1) is 25.3. The second-order valence-electron chi connectivity index (χ2n) is 9.01. The fourth-order valence-corrected chi connectivity index (χ4v) is 5.99. The van der Waals surface area contributed by atoms with Crippen molar-refractivity contribution in [3.8, 4) is 11.5 Å². The monoisotopic (exact) mass is 536 g/mol. The van der Waals surface area contributed by atoms with Crippen LogP contribution in [0.3, 0.4) is 0 Å². The second-order valence-corrected chi connectivity index (χ2v) is 10.7. The average molecular weight is 537 g/mol. The van der Waals surface area contributed by atoms with Crippen LogP contribution in [0.1, 0.15) is 29.5 Å². The second kappa shape index (κ2) is 10.5. The number of thioether (sulfide) groups is 1. The summed E-state index contributed by atoms with van der Waals surface area (Å²) in [5, 5.41) is 0. The van der Waals surface area contributed by atoms with Crippen LogP contribution in [0.5, 0.6) is 11.5 Å². The Morgan fingerprint density at radius 1 is 1.11 bits per heavy atom. The molecule has 0 unspecified atom stereocenters. The van der Waals surface area contributed by atoms with E-state index in [2.05, 4.69) is 4.90 Å². The molecule has 0 bridgehead atoms. The third-order valence-electron chi connectivity index (χ3n) is 6.69. The minimum Gasteiger partial charge on any atom is -0.493 e. The number of methoxy groups -OCH3 is 2. The molecule has 0 atom stereocenters. The lowest BCUT2D eigenvalue weighted by molar-refractivity contribution is -0.122. The summed E-state index contributed by atoms with van der Waals surface area (Å²) >= 11 is 6.78. The van der Waals surface area contributed by atoms with Gasteiger partial charge >= 0.3 is 0 Å². The van der Waals surface area contributed by atoms with E-state index in [-0.39, 0.29) is 11.5 Å². The summed E-state index contributed by atoms with van der Waals surface area (Å²) in [6.45, 7) is 4.03. The highest BCUT2D eigenvalue weighted by atomic mass is 32.2. The summed E-state index contributed by atoms with van der Waals surface area (Å²) in [5.74, 6) is 1.72. The maximum atomic E-state index is 13.6. The normalized spacial score (nSPS) is 16.9.